The molecule has 0 aromatic heterocycles. The van der Waals surface area contributed by atoms with Crippen molar-refractivity contribution in [2.45, 2.75) is 31.4 Å². The largest absolute Gasteiger partial charge is 0.538 e. The summed E-state index contributed by atoms with van der Waals surface area (Å²) >= 11 is 0. The minimum atomic E-state index is -2.60. The molecule has 0 heterocycles. The summed E-state index contributed by atoms with van der Waals surface area (Å²) in [6, 6.07) is 2.90. The maximum absolute atomic E-state index is 13.4. The van der Waals surface area contributed by atoms with Gasteiger partial charge in [-0.15, -0.1) is 6.54 Å². The van der Waals surface area contributed by atoms with Crippen LogP contribution < -0.4 is 5.73 Å². The normalized spacial score (nSPS) is 25.7. The summed E-state index contributed by atoms with van der Waals surface area (Å²) in [6.45, 7) is 3.89. The number of ketones is 2. The molecular weight excluding hydrogens is 521 g/mol. The molecule has 1 radical (unpaired) electrons. The number of aliphatic hydroxyl groups is 3. The van der Waals surface area contributed by atoms with Gasteiger partial charge in [0, 0.05) is 57.2 Å². The molecule has 0 aliphatic heterocycles. The number of primary amides is 1. The van der Waals surface area contributed by atoms with Gasteiger partial charge in [0.1, 0.15) is 22.8 Å². The van der Waals surface area contributed by atoms with Gasteiger partial charge < -0.3 is 42.8 Å². The predicted octanol–water partition coefficient (Wildman–Crippen LogP) is 0.125. The molecule has 3 aliphatic carbocycles. The van der Waals surface area contributed by atoms with E-state index in [0.29, 0.717) is 11.1 Å². The van der Waals surface area contributed by atoms with Gasteiger partial charge in [0.2, 0.25) is 5.78 Å². The fourth-order valence-electron chi connectivity index (χ4n) is 5.20. The second-order valence-corrected chi connectivity index (χ2v) is 8.52. The Morgan fingerprint density at radius 3 is 2.50 bits per heavy atom. The first kappa shape index (κ1) is 26.1. The van der Waals surface area contributed by atoms with Gasteiger partial charge in [-0.1, -0.05) is 6.07 Å². The molecule has 4 rings (SSSR count). The van der Waals surface area contributed by atoms with Gasteiger partial charge in [0.05, 0.1) is 5.56 Å². The van der Waals surface area contributed by atoms with Crippen molar-refractivity contribution in [3.05, 3.63) is 52.7 Å². The molecule has 3 aliphatic rings. The van der Waals surface area contributed by atoms with E-state index in [2.05, 4.69) is 6.92 Å². The quantitative estimate of drug-likeness (QED) is 0.198. The van der Waals surface area contributed by atoms with Crippen LogP contribution in [-0.2, 0) is 64.9 Å². The van der Waals surface area contributed by atoms with Crippen LogP contribution in [0.2, 0.25) is 0 Å². The molecule has 1 aromatic rings. The van der Waals surface area contributed by atoms with Crippen molar-refractivity contribution in [2.75, 3.05) is 6.54 Å². The molecule has 1 fully saturated rings. The van der Waals surface area contributed by atoms with Crippen molar-refractivity contribution < 1.29 is 72.3 Å². The Hall–Kier alpha value is -2.56. The monoisotopic (exact) mass is 543 g/mol. The summed E-state index contributed by atoms with van der Waals surface area (Å²) in [6.07, 6.45) is 1.57. The van der Waals surface area contributed by atoms with Gasteiger partial charge in [-0.3, -0.25) is 14.4 Å². The molecule has 177 valence electrons. The fraction of sp³-hybridized carbons (Fsp3) is 0.348. The molecule has 6 N–H and O–H groups in total. The van der Waals surface area contributed by atoms with E-state index >= 15 is 0 Å². The van der Waals surface area contributed by atoms with E-state index in [9.17, 15) is 39.6 Å². The van der Waals surface area contributed by atoms with Crippen molar-refractivity contribution in [2.24, 2.45) is 17.6 Å². The van der Waals surface area contributed by atoms with E-state index in [4.69, 9.17) is 5.73 Å². The van der Waals surface area contributed by atoms with Crippen LogP contribution in [0.25, 0.3) is 5.76 Å². The van der Waals surface area contributed by atoms with Crippen molar-refractivity contribution in [1.29, 1.82) is 0 Å². The van der Waals surface area contributed by atoms with Gasteiger partial charge in [0.25, 0.3) is 5.91 Å². The van der Waals surface area contributed by atoms with E-state index < -0.39 is 52.0 Å². The van der Waals surface area contributed by atoms with Gasteiger partial charge in [-0.2, -0.15) is 6.41 Å². The Balaban J connectivity index is 0.00000324. The third-order valence-electron chi connectivity index (χ3n) is 6.80. The van der Waals surface area contributed by atoms with E-state index in [1.54, 1.807) is 12.5 Å². The standard InChI is InChI=1S/C23H22N2O8.Y/c1-2-25(9-26)8-10-3-4-14(27)17-13(10)6-11-5-12-7-15(28)18(22(24)32)21(31)23(12,33)20(30)16(11)19(17)29;/h3-4,11-12,27,29,31,33H,1-2,5-8H2,(H2,24,32);/q-2;/t11?,12?,23-;/m0./s1. The first-order valence-corrected chi connectivity index (χ1v) is 10.3. The number of aliphatic hydroxyl groups excluding tert-OH is 2. The molecule has 34 heavy (non-hydrogen) atoms. The van der Waals surface area contributed by atoms with Crippen LogP contribution in [0.1, 0.15) is 29.5 Å². The molecule has 0 spiro atoms. The number of carbonyl (C=O) groups excluding carboxylic acids is 4. The number of carbonyl (C=O) groups is 3. The topological polar surface area (TPSA) is 178 Å². The molecule has 1 saturated carbocycles. The van der Waals surface area contributed by atoms with Crippen LogP contribution in [0.3, 0.4) is 0 Å². The van der Waals surface area contributed by atoms with Crippen molar-refractivity contribution in [3.8, 4) is 5.75 Å². The average Bonchev–Trinajstić information content (AvgIpc) is 2.75. The number of Topliss-reactive ketones (excluding diaryl/α,β-unsaturated/α-hetero) is 2. The number of aromatic hydroxyl groups is 1. The molecule has 0 saturated heterocycles. The fourth-order valence-corrected chi connectivity index (χ4v) is 5.20. The second kappa shape index (κ2) is 9.24. The number of rotatable bonds is 5. The third kappa shape index (κ3) is 3.68. The molecule has 2 unspecified atom stereocenters. The number of hydrogen-bond acceptors (Lipinski definition) is 8. The predicted molar refractivity (Wildman–Crippen MR) is 113 cm³/mol. The Morgan fingerprint density at radius 1 is 1.24 bits per heavy atom. The number of benzene rings is 1. The number of amides is 2. The van der Waals surface area contributed by atoms with Crippen LogP contribution in [0.5, 0.6) is 5.75 Å². The summed E-state index contributed by atoms with van der Waals surface area (Å²) in [4.78, 5) is 49.8. The number of nitrogens with two attached hydrogens (primary N) is 1. The second-order valence-electron chi connectivity index (χ2n) is 8.52. The maximum Gasteiger partial charge on any atom is 0.255 e. The summed E-state index contributed by atoms with van der Waals surface area (Å²) in [5, 5.41) is 43.2. The van der Waals surface area contributed by atoms with Crippen LogP contribution in [0, 0.1) is 18.8 Å². The van der Waals surface area contributed by atoms with E-state index in [1.165, 1.54) is 11.0 Å². The summed E-state index contributed by atoms with van der Waals surface area (Å²) in [5.41, 5.74) is 2.61. The van der Waals surface area contributed by atoms with E-state index in [0.717, 1.165) is 0 Å². The summed E-state index contributed by atoms with van der Waals surface area (Å²) in [7, 11) is 0. The zero-order valence-electron chi connectivity index (χ0n) is 18.1. The number of fused-ring (bicyclic) bond motifs is 3. The third-order valence-corrected chi connectivity index (χ3v) is 6.80. The number of hydrogen-bond donors (Lipinski definition) is 5. The van der Waals surface area contributed by atoms with Crippen molar-refractivity contribution in [3.63, 3.8) is 0 Å². The minimum absolute atomic E-state index is 0. The number of phenolic OH excluding ortho intramolecular Hbond substituents is 1. The Labute approximate surface area is 220 Å². The van der Waals surface area contributed by atoms with Gasteiger partial charge in [0.15, 0.2) is 11.4 Å². The molecule has 0 bridgehead atoms. The molecule has 1 aromatic carbocycles. The molecular formula is C23H22N2O8Y-2. The zero-order chi connectivity index (χ0) is 24.2. The minimum Gasteiger partial charge on any atom is -0.538 e. The van der Waals surface area contributed by atoms with E-state index in [-0.39, 0.29) is 81.9 Å². The molecule has 11 heteroatoms. The Bertz CT molecular complexity index is 1170. The molecule has 3 atom stereocenters. The van der Waals surface area contributed by atoms with Crippen LogP contribution in [-0.4, -0.2) is 61.4 Å². The van der Waals surface area contributed by atoms with Crippen molar-refractivity contribution >= 4 is 29.6 Å². The first-order valence-electron chi connectivity index (χ1n) is 10.3. The SMILES string of the molecule is [CH2-]CN([C-]=O)Cc1ccc(O)c2c1CC1CC3CC(=O)C(C(N)=O)=C(O)[C@@]3(O)C(=O)C1=C2O.[Y]. The summed E-state index contributed by atoms with van der Waals surface area (Å²) < 4.78 is 0. The van der Waals surface area contributed by atoms with Crippen LogP contribution in [0.4, 0.5) is 0 Å². The van der Waals surface area contributed by atoms with Gasteiger partial charge in [-0.05, 0) is 36.0 Å². The molecule has 2 amide bonds. The summed E-state index contributed by atoms with van der Waals surface area (Å²) in [5.74, 6) is -6.77. The average molecular weight is 543 g/mol. The smallest absolute Gasteiger partial charge is 0.255 e. The number of phenols is 1. The maximum atomic E-state index is 13.4. The first-order chi connectivity index (χ1) is 15.6. The number of nitrogens with zero attached hydrogens (tertiary/aromatic N) is 1. The van der Waals surface area contributed by atoms with Crippen LogP contribution >= 0.6 is 0 Å². The van der Waals surface area contributed by atoms with Gasteiger partial charge >= 0.3 is 0 Å². The Kier molecular flexibility index (Phi) is 7.08. The van der Waals surface area contributed by atoms with E-state index in [1.807, 2.05) is 0 Å². The molecule has 10 nitrogen and oxygen atoms in total. The van der Waals surface area contributed by atoms with Crippen LogP contribution in [0.15, 0.2) is 29.0 Å². The van der Waals surface area contributed by atoms with Gasteiger partial charge in [-0.25, -0.2) is 0 Å². The zero-order valence-corrected chi connectivity index (χ0v) is 20.9. The van der Waals surface area contributed by atoms with Crippen molar-refractivity contribution in [1.82, 2.24) is 4.90 Å². The Morgan fingerprint density at radius 2 is 1.91 bits per heavy atom.